The lowest BCUT2D eigenvalue weighted by molar-refractivity contribution is 0.550. The highest BCUT2D eigenvalue weighted by atomic mass is 19.1. The van der Waals surface area contributed by atoms with E-state index in [2.05, 4.69) is 0 Å². The van der Waals surface area contributed by atoms with Crippen molar-refractivity contribution in [3.05, 3.63) is 65.5 Å². The quantitative estimate of drug-likeness (QED) is 0.754. The van der Waals surface area contributed by atoms with E-state index in [1.807, 2.05) is 36.7 Å². The summed E-state index contributed by atoms with van der Waals surface area (Å²) in [6.07, 6.45) is 1.85. The number of amides is 1. The van der Waals surface area contributed by atoms with E-state index in [0.29, 0.717) is 17.8 Å². The zero-order valence-electron chi connectivity index (χ0n) is 10.1. The van der Waals surface area contributed by atoms with E-state index in [1.54, 1.807) is 19.1 Å². The molecule has 0 fully saturated rings. The molecule has 2 aromatic carbocycles. The summed E-state index contributed by atoms with van der Waals surface area (Å²) in [5, 5.41) is 0. The first-order valence-corrected chi connectivity index (χ1v) is 5.66. The number of hydrogen-bond acceptors (Lipinski definition) is 1. The van der Waals surface area contributed by atoms with Crippen LogP contribution in [-0.4, -0.2) is 6.41 Å². The Balaban J connectivity index is 2.29. The van der Waals surface area contributed by atoms with Crippen molar-refractivity contribution < 1.29 is 9.18 Å². The molecule has 0 aromatic heterocycles. The van der Waals surface area contributed by atoms with Crippen molar-refractivity contribution in [2.75, 3.05) is 4.90 Å². The molecule has 0 saturated heterocycles. The van der Waals surface area contributed by atoms with Gasteiger partial charge in [-0.2, -0.15) is 0 Å². The van der Waals surface area contributed by atoms with Crippen LogP contribution in [0.4, 0.5) is 10.1 Å². The third-order valence-corrected chi connectivity index (χ3v) is 2.82. The Morgan fingerprint density at radius 1 is 1.11 bits per heavy atom. The van der Waals surface area contributed by atoms with Crippen molar-refractivity contribution in [3.63, 3.8) is 0 Å². The van der Waals surface area contributed by atoms with Crippen molar-refractivity contribution in [1.82, 2.24) is 0 Å². The molecule has 0 unspecified atom stereocenters. The van der Waals surface area contributed by atoms with Gasteiger partial charge in [0.1, 0.15) is 5.82 Å². The minimum absolute atomic E-state index is 0.319. The molecule has 0 aliphatic heterocycles. The summed E-state index contributed by atoms with van der Waals surface area (Å²) in [6, 6.07) is 14.2. The van der Waals surface area contributed by atoms with Gasteiger partial charge in [-0.15, -0.1) is 0 Å². The average Bonchev–Trinajstić information content (AvgIpc) is 2.41. The standard InChI is InChI=1S/C15H13FNO/c1-12-14(16)8-5-9-15(12)17(11-18)10-13-6-3-2-4-7-13/h2-9H,10H2,1H3. The van der Waals surface area contributed by atoms with Gasteiger partial charge in [-0.1, -0.05) is 36.4 Å². The minimum atomic E-state index is -0.319. The fourth-order valence-electron chi connectivity index (χ4n) is 1.82. The second-order valence-corrected chi connectivity index (χ2v) is 4.05. The summed E-state index contributed by atoms with van der Waals surface area (Å²) in [7, 11) is 0. The molecule has 0 heterocycles. The summed E-state index contributed by atoms with van der Waals surface area (Å²) in [5.74, 6) is -0.319. The molecular weight excluding hydrogens is 229 g/mol. The molecule has 1 amide bonds. The number of anilines is 1. The fourth-order valence-corrected chi connectivity index (χ4v) is 1.82. The smallest absolute Gasteiger partial charge is 0.299 e. The monoisotopic (exact) mass is 242 g/mol. The molecule has 0 spiro atoms. The topological polar surface area (TPSA) is 20.3 Å². The first-order valence-electron chi connectivity index (χ1n) is 5.66. The van der Waals surface area contributed by atoms with Crippen LogP contribution in [-0.2, 0) is 11.3 Å². The van der Waals surface area contributed by atoms with Gasteiger partial charge in [0.05, 0.1) is 12.2 Å². The molecule has 0 saturated carbocycles. The Bertz CT molecular complexity index is 539. The van der Waals surface area contributed by atoms with Gasteiger partial charge in [0.25, 0.3) is 0 Å². The molecule has 91 valence electrons. The van der Waals surface area contributed by atoms with Crippen LogP contribution in [0.5, 0.6) is 0 Å². The van der Waals surface area contributed by atoms with E-state index in [4.69, 9.17) is 0 Å². The Hall–Kier alpha value is -2.16. The maximum Gasteiger partial charge on any atom is 0.317 e. The SMILES string of the molecule is Cc1c(F)cccc1N([C]=O)Cc1ccccc1. The third-order valence-electron chi connectivity index (χ3n) is 2.82. The highest BCUT2D eigenvalue weighted by Crippen LogP contribution is 2.22. The zero-order valence-corrected chi connectivity index (χ0v) is 10.1. The van der Waals surface area contributed by atoms with E-state index in [1.165, 1.54) is 11.0 Å². The minimum Gasteiger partial charge on any atom is -0.299 e. The summed E-state index contributed by atoms with van der Waals surface area (Å²) in [6.45, 7) is 2.04. The van der Waals surface area contributed by atoms with E-state index >= 15 is 0 Å². The Morgan fingerprint density at radius 3 is 2.50 bits per heavy atom. The molecule has 2 rings (SSSR count). The zero-order chi connectivity index (χ0) is 13.0. The first-order chi connectivity index (χ1) is 8.72. The van der Waals surface area contributed by atoms with Crippen LogP contribution >= 0.6 is 0 Å². The molecule has 2 aromatic rings. The molecule has 3 heteroatoms. The maximum absolute atomic E-state index is 13.5. The largest absolute Gasteiger partial charge is 0.317 e. The molecule has 0 bridgehead atoms. The Kier molecular flexibility index (Phi) is 3.72. The maximum atomic E-state index is 13.5. The second-order valence-electron chi connectivity index (χ2n) is 4.05. The highest BCUT2D eigenvalue weighted by Gasteiger charge is 2.12. The number of hydrogen-bond donors (Lipinski definition) is 0. The van der Waals surface area contributed by atoms with Gasteiger partial charge in [-0.25, -0.2) is 4.39 Å². The van der Waals surface area contributed by atoms with Crippen molar-refractivity contribution in [3.8, 4) is 0 Å². The van der Waals surface area contributed by atoms with Crippen molar-refractivity contribution in [2.24, 2.45) is 0 Å². The molecule has 2 nitrogen and oxygen atoms in total. The lowest BCUT2D eigenvalue weighted by Gasteiger charge is -2.19. The van der Waals surface area contributed by atoms with Gasteiger partial charge in [-0.05, 0) is 24.6 Å². The first kappa shape index (κ1) is 12.3. The molecule has 0 N–H and O–H groups in total. The fraction of sp³-hybridized carbons (Fsp3) is 0.133. The summed E-state index contributed by atoms with van der Waals surface area (Å²) >= 11 is 0. The van der Waals surface area contributed by atoms with E-state index in [-0.39, 0.29) is 5.82 Å². The van der Waals surface area contributed by atoms with Crippen LogP contribution in [0.3, 0.4) is 0 Å². The number of nitrogens with zero attached hydrogens (tertiary/aromatic N) is 1. The summed E-state index contributed by atoms with van der Waals surface area (Å²) < 4.78 is 13.5. The van der Waals surface area contributed by atoms with Crippen LogP contribution in [0.15, 0.2) is 48.5 Å². The Morgan fingerprint density at radius 2 is 1.83 bits per heavy atom. The molecule has 0 aliphatic rings. The molecule has 1 radical (unpaired) electrons. The number of benzene rings is 2. The Labute approximate surface area is 106 Å². The lowest BCUT2D eigenvalue weighted by Crippen LogP contribution is -2.21. The van der Waals surface area contributed by atoms with E-state index < -0.39 is 0 Å². The van der Waals surface area contributed by atoms with Crippen LogP contribution < -0.4 is 4.90 Å². The number of halogens is 1. The normalized spacial score (nSPS) is 10.1. The number of rotatable bonds is 4. The van der Waals surface area contributed by atoms with Gasteiger partial charge < -0.3 is 0 Å². The highest BCUT2D eigenvalue weighted by molar-refractivity contribution is 5.77. The van der Waals surface area contributed by atoms with E-state index in [0.717, 1.165) is 5.56 Å². The predicted molar refractivity (Wildman–Crippen MR) is 69.5 cm³/mol. The predicted octanol–water partition coefficient (Wildman–Crippen LogP) is 3.21. The van der Waals surface area contributed by atoms with Crippen molar-refractivity contribution in [2.45, 2.75) is 13.5 Å². The van der Waals surface area contributed by atoms with E-state index in [9.17, 15) is 9.18 Å². The molecular formula is C15H13FNO. The van der Waals surface area contributed by atoms with Crippen molar-refractivity contribution in [1.29, 1.82) is 0 Å². The average molecular weight is 242 g/mol. The van der Waals surface area contributed by atoms with Gasteiger partial charge in [-0.3, -0.25) is 9.69 Å². The van der Waals surface area contributed by atoms with Crippen LogP contribution in [0.1, 0.15) is 11.1 Å². The second kappa shape index (κ2) is 5.45. The van der Waals surface area contributed by atoms with Gasteiger partial charge >= 0.3 is 6.41 Å². The third kappa shape index (κ3) is 2.56. The molecule has 0 atom stereocenters. The van der Waals surface area contributed by atoms with Crippen LogP contribution in [0.2, 0.25) is 0 Å². The van der Waals surface area contributed by atoms with Crippen LogP contribution in [0, 0.1) is 12.7 Å². The molecule has 18 heavy (non-hydrogen) atoms. The molecule has 0 aliphatic carbocycles. The summed E-state index contributed by atoms with van der Waals surface area (Å²) in [4.78, 5) is 12.4. The lowest BCUT2D eigenvalue weighted by atomic mass is 10.1. The van der Waals surface area contributed by atoms with Gasteiger partial charge in [0.2, 0.25) is 0 Å². The number of carbonyl (C=O) groups excluding carboxylic acids is 1. The van der Waals surface area contributed by atoms with Gasteiger partial charge in [0.15, 0.2) is 0 Å². The van der Waals surface area contributed by atoms with Gasteiger partial charge in [0, 0.05) is 5.56 Å². The summed E-state index contributed by atoms with van der Waals surface area (Å²) in [5.41, 5.74) is 1.98. The van der Waals surface area contributed by atoms with Crippen molar-refractivity contribution >= 4 is 12.1 Å². The van der Waals surface area contributed by atoms with Crippen LogP contribution in [0.25, 0.3) is 0 Å².